The van der Waals surface area contributed by atoms with Crippen LogP contribution in [-0.2, 0) is 21.4 Å². The molecule has 1 aromatic carbocycles. The first-order chi connectivity index (χ1) is 15.0. The van der Waals surface area contributed by atoms with Gasteiger partial charge in [0, 0.05) is 25.8 Å². The minimum atomic E-state index is -3.84. The van der Waals surface area contributed by atoms with Crippen LogP contribution in [0.5, 0.6) is 5.75 Å². The molecular weight excluding hydrogens is 420 g/mol. The molecule has 3 aromatic rings. The molecule has 3 heterocycles. The first-order valence-corrected chi connectivity index (χ1v) is 11.4. The van der Waals surface area contributed by atoms with Gasteiger partial charge in [0.05, 0.1) is 13.0 Å². The number of H-pyrrole nitrogens is 1. The SMILES string of the molecule is COc1ccc(CNC(=O)C2CCCN(S(=O)(=O)c3ccc(-c4ccn[nH]4)o3)C2)cc1. The summed E-state index contributed by atoms with van der Waals surface area (Å²) in [6.45, 7) is 0.847. The zero-order valence-electron chi connectivity index (χ0n) is 17.1. The van der Waals surface area contributed by atoms with Gasteiger partial charge in [0.2, 0.25) is 11.0 Å². The van der Waals surface area contributed by atoms with Crippen molar-refractivity contribution in [2.45, 2.75) is 24.5 Å². The first kappa shape index (κ1) is 21.1. The molecule has 1 aliphatic rings. The molecule has 0 radical (unpaired) electrons. The standard InChI is InChI=1S/C21H24N4O5S/c1-29-17-6-4-15(5-7-17)13-22-21(26)16-3-2-12-25(14-16)31(27,28)20-9-8-19(30-20)18-10-11-23-24-18/h4-11,16H,2-3,12-14H2,1H3,(H,22,26)(H,23,24). The number of amides is 1. The van der Waals surface area contributed by atoms with Crippen molar-refractivity contribution in [3.05, 3.63) is 54.2 Å². The Hall–Kier alpha value is -3.11. The summed E-state index contributed by atoms with van der Waals surface area (Å²) in [7, 11) is -2.24. The number of carbonyl (C=O) groups is 1. The zero-order valence-corrected chi connectivity index (χ0v) is 17.9. The van der Waals surface area contributed by atoms with Crippen molar-refractivity contribution >= 4 is 15.9 Å². The summed E-state index contributed by atoms with van der Waals surface area (Å²) in [4.78, 5) is 12.7. The smallest absolute Gasteiger partial charge is 0.276 e. The van der Waals surface area contributed by atoms with Gasteiger partial charge >= 0.3 is 0 Å². The van der Waals surface area contributed by atoms with Crippen LogP contribution in [0.2, 0.25) is 0 Å². The van der Waals surface area contributed by atoms with E-state index in [1.165, 1.54) is 10.4 Å². The Morgan fingerprint density at radius 2 is 2.06 bits per heavy atom. The van der Waals surface area contributed by atoms with E-state index in [9.17, 15) is 13.2 Å². The number of hydrogen-bond acceptors (Lipinski definition) is 6. The van der Waals surface area contributed by atoms with Gasteiger partial charge in [-0.05, 0) is 48.7 Å². The summed E-state index contributed by atoms with van der Waals surface area (Å²) >= 11 is 0. The number of rotatable bonds is 7. The third-order valence-corrected chi connectivity index (χ3v) is 7.06. The van der Waals surface area contributed by atoms with Crippen molar-refractivity contribution in [2.75, 3.05) is 20.2 Å². The summed E-state index contributed by atoms with van der Waals surface area (Å²) < 4.78 is 38.1. The number of hydrogen-bond donors (Lipinski definition) is 2. The minimum Gasteiger partial charge on any atom is -0.497 e. The normalized spacial score (nSPS) is 17.4. The van der Waals surface area contributed by atoms with E-state index in [0.29, 0.717) is 37.4 Å². The van der Waals surface area contributed by atoms with E-state index in [0.717, 1.165) is 11.3 Å². The predicted molar refractivity (Wildman–Crippen MR) is 113 cm³/mol. The van der Waals surface area contributed by atoms with Crippen molar-refractivity contribution < 1.29 is 22.4 Å². The van der Waals surface area contributed by atoms with Crippen molar-refractivity contribution in [2.24, 2.45) is 5.92 Å². The van der Waals surface area contributed by atoms with Crippen molar-refractivity contribution in [3.63, 3.8) is 0 Å². The van der Waals surface area contributed by atoms with Gasteiger partial charge in [0.15, 0.2) is 5.76 Å². The molecule has 0 aliphatic carbocycles. The Kier molecular flexibility index (Phi) is 6.10. The second-order valence-corrected chi connectivity index (χ2v) is 9.23. The molecule has 0 bridgehead atoms. The molecule has 10 heteroatoms. The fourth-order valence-corrected chi connectivity index (χ4v) is 5.01. The predicted octanol–water partition coefficient (Wildman–Crippen LogP) is 2.40. The molecular formula is C21H24N4O5S. The molecule has 9 nitrogen and oxygen atoms in total. The first-order valence-electron chi connectivity index (χ1n) is 9.98. The summed E-state index contributed by atoms with van der Waals surface area (Å²) in [5, 5.41) is 9.35. The molecule has 31 heavy (non-hydrogen) atoms. The van der Waals surface area contributed by atoms with Gasteiger partial charge in [-0.1, -0.05) is 12.1 Å². The largest absolute Gasteiger partial charge is 0.497 e. The Labute approximate surface area is 180 Å². The monoisotopic (exact) mass is 444 g/mol. The molecule has 1 aliphatic heterocycles. The van der Waals surface area contributed by atoms with Crippen LogP contribution < -0.4 is 10.1 Å². The van der Waals surface area contributed by atoms with Crippen LogP contribution in [0.1, 0.15) is 18.4 Å². The molecule has 1 atom stereocenters. The van der Waals surface area contributed by atoms with Crippen molar-refractivity contribution in [1.29, 1.82) is 0 Å². The molecule has 1 unspecified atom stereocenters. The molecule has 2 N–H and O–H groups in total. The average molecular weight is 445 g/mol. The van der Waals surface area contributed by atoms with E-state index in [4.69, 9.17) is 9.15 Å². The van der Waals surface area contributed by atoms with E-state index < -0.39 is 15.9 Å². The number of carbonyl (C=O) groups excluding carboxylic acids is 1. The second-order valence-electron chi connectivity index (χ2n) is 7.36. The number of nitrogens with one attached hydrogen (secondary N) is 2. The van der Waals surface area contributed by atoms with Gasteiger partial charge in [0.1, 0.15) is 11.4 Å². The van der Waals surface area contributed by atoms with Crippen LogP contribution in [0, 0.1) is 5.92 Å². The number of aromatic nitrogens is 2. The molecule has 0 saturated carbocycles. The lowest BCUT2D eigenvalue weighted by atomic mass is 9.99. The highest BCUT2D eigenvalue weighted by molar-refractivity contribution is 7.89. The Balaban J connectivity index is 1.39. The number of ether oxygens (including phenoxy) is 1. The van der Waals surface area contributed by atoms with Gasteiger partial charge in [-0.25, -0.2) is 8.42 Å². The Bertz CT molecular complexity index is 1120. The minimum absolute atomic E-state index is 0.122. The fourth-order valence-electron chi connectivity index (χ4n) is 3.58. The van der Waals surface area contributed by atoms with Crippen LogP contribution in [0.3, 0.4) is 0 Å². The average Bonchev–Trinajstić information content (AvgIpc) is 3.50. The van der Waals surface area contributed by atoms with Gasteiger partial charge in [-0.2, -0.15) is 9.40 Å². The molecule has 1 amide bonds. The third kappa shape index (κ3) is 4.64. The molecule has 2 aromatic heterocycles. The topological polar surface area (TPSA) is 118 Å². The molecule has 164 valence electrons. The highest BCUT2D eigenvalue weighted by Crippen LogP contribution is 2.28. The number of piperidine rings is 1. The van der Waals surface area contributed by atoms with E-state index in [2.05, 4.69) is 15.5 Å². The molecule has 1 saturated heterocycles. The van der Waals surface area contributed by atoms with Crippen LogP contribution >= 0.6 is 0 Å². The van der Waals surface area contributed by atoms with E-state index in [1.807, 2.05) is 24.3 Å². The lowest BCUT2D eigenvalue weighted by molar-refractivity contribution is -0.126. The van der Waals surface area contributed by atoms with E-state index >= 15 is 0 Å². The Morgan fingerprint density at radius 1 is 1.26 bits per heavy atom. The van der Waals surface area contributed by atoms with Gasteiger partial charge in [-0.3, -0.25) is 9.89 Å². The summed E-state index contributed by atoms with van der Waals surface area (Å²) in [5.74, 6) is 0.566. The number of sulfonamides is 1. The summed E-state index contributed by atoms with van der Waals surface area (Å²) in [6.07, 6.45) is 2.80. The lowest BCUT2D eigenvalue weighted by Gasteiger charge is -2.30. The van der Waals surface area contributed by atoms with Crippen LogP contribution in [0.15, 0.2) is 58.2 Å². The van der Waals surface area contributed by atoms with Gasteiger partial charge in [0.25, 0.3) is 10.0 Å². The third-order valence-electron chi connectivity index (χ3n) is 5.32. The number of aromatic amines is 1. The summed E-state index contributed by atoms with van der Waals surface area (Å²) in [6, 6.07) is 12.1. The van der Waals surface area contributed by atoms with Crippen molar-refractivity contribution in [3.8, 4) is 17.2 Å². The molecule has 0 spiro atoms. The number of methoxy groups -OCH3 is 1. The van der Waals surface area contributed by atoms with Crippen LogP contribution in [-0.4, -0.2) is 49.0 Å². The van der Waals surface area contributed by atoms with Crippen molar-refractivity contribution in [1.82, 2.24) is 19.8 Å². The maximum atomic E-state index is 13.0. The maximum absolute atomic E-state index is 13.0. The number of nitrogens with zero attached hydrogens (tertiary/aromatic N) is 2. The molecule has 4 rings (SSSR count). The van der Waals surface area contributed by atoms with Crippen LogP contribution in [0.25, 0.3) is 11.5 Å². The van der Waals surface area contributed by atoms with Gasteiger partial charge in [-0.15, -0.1) is 0 Å². The summed E-state index contributed by atoms with van der Waals surface area (Å²) in [5.41, 5.74) is 1.53. The lowest BCUT2D eigenvalue weighted by Crippen LogP contribution is -2.45. The zero-order chi connectivity index (χ0) is 21.8. The maximum Gasteiger partial charge on any atom is 0.276 e. The Morgan fingerprint density at radius 3 is 2.77 bits per heavy atom. The van der Waals surface area contributed by atoms with Crippen LogP contribution in [0.4, 0.5) is 0 Å². The number of furan rings is 1. The molecule has 1 fully saturated rings. The van der Waals surface area contributed by atoms with E-state index in [1.54, 1.807) is 25.4 Å². The quantitative estimate of drug-likeness (QED) is 0.578. The highest BCUT2D eigenvalue weighted by atomic mass is 32.2. The highest BCUT2D eigenvalue weighted by Gasteiger charge is 2.35. The fraction of sp³-hybridized carbons (Fsp3) is 0.333. The number of benzene rings is 1. The van der Waals surface area contributed by atoms with E-state index in [-0.39, 0.29) is 17.5 Å². The van der Waals surface area contributed by atoms with Gasteiger partial charge < -0.3 is 14.5 Å². The second kappa shape index (κ2) is 8.94.